The van der Waals surface area contributed by atoms with Gasteiger partial charge in [0, 0.05) is 18.8 Å². The number of halogens is 2. The number of benzene rings is 1. The van der Waals surface area contributed by atoms with E-state index in [0.717, 1.165) is 0 Å². The number of rotatable bonds is 2. The molecule has 1 amide bonds. The summed E-state index contributed by atoms with van der Waals surface area (Å²) < 4.78 is 13.5. The van der Waals surface area contributed by atoms with E-state index in [1.165, 1.54) is 23.1 Å². The molecule has 0 aliphatic carbocycles. The summed E-state index contributed by atoms with van der Waals surface area (Å²) in [5.74, 6) is -0.636. The van der Waals surface area contributed by atoms with Crippen LogP contribution in [0.3, 0.4) is 0 Å². The molecule has 1 aromatic carbocycles. The van der Waals surface area contributed by atoms with Crippen molar-refractivity contribution in [1.82, 2.24) is 0 Å². The molecule has 1 unspecified atom stereocenters. The molecule has 1 atom stereocenters. The molecule has 0 bridgehead atoms. The number of carbonyl (C=O) groups is 1. The Kier molecular flexibility index (Phi) is 3.01. The molecular formula is C11H11ClFNO2. The van der Waals surface area contributed by atoms with Gasteiger partial charge in [0.15, 0.2) is 5.82 Å². The first kappa shape index (κ1) is 11.2. The molecule has 2 rings (SSSR count). The Bertz CT molecular complexity index is 404. The Balaban J connectivity index is 2.35. The van der Waals surface area contributed by atoms with Gasteiger partial charge in [-0.2, -0.15) is 0 Å². The van der Waals surface area contributed by atoms with E-state index in [1.807, 2.05) is 0 Å². The number of carbonyl (C=O) groups excluding carboxylic acids is 1. The maximum atomic E-state index is 13.5. The third kappa shape index (κ3) is 1.85. The molecule has 1 N–H and O–H groups in total. The molecule has 1 aliphatic heterocycles. The van der Waals surface area contributed by atoms with E-state index >= 15 is 0 Å². The molecule has 16 heavy (non-hydrogen) atoms. The van der Waals surface area contributed by atoms with Crippen molar-refractivity contribution in [3.05, 3.63) is 24.0 Å². The number of amides is 1. The molecule has 1 heterocycles. The highest BCUT2D eigenvalue weighted by Crippen LogP contribution is 2.34. The Morgan fingerprint density at radius 3 is 2.88 bits per heavy atom. The van der Waals surface area contributed by atoms with E-state index in [4.69, 9.17) is 11.6 Å². The zero-order valence-electron chi connectivity index (χ0n) is 8.49. The number of nitrogens with zero attached hydrogens (tertiary/aromatic N) is 1. The molecule has 1 fully saturated rings. The maximum absolute atomic E-state index is 13.5. The van der Waals surface area contributed by atoms with Crippen LogP contribution in [0.1, 0.15) is 6.42 Å². The molecule has 1 aliphatic rings. The van der Waals surface area contributed by atoms with Gasteiger partial charge in [-0.1, -0.05) is 6.07 Å². The second kappa shape index (κ2) is 4.29. The zero-order chi connectivity index (χ0) is 11.7. The first-order chi connectivity index (χ1) is 7.63. The zero-order valence-corrected chi connectivity index (χ0v) is 9.25. The number of aromatic hydroxyl groups is 1. The van der Waals surface area contributed by atoms with Gasteiger partial charge in [0.2, 0.25) is 5.91 Å². The number of para-hydroxylation sites is 1. The van der Waals surface area contributed by atoms with E-state index in [0.29, 0.717) is 18.8 Å². The largest absolute Gasteiger partial charge is 0.506 e. The van der Waals surface area contributed by atoms with Crippen LogP contribution >= 0.6 is 11.6 Å². The van der Waals surface area contributed by atoms with Gasteiger partial charge >= 0.3 is 0 Å². The van der Waals surface area contributed by atoms with E-state index in [2.05, 4.69) is 0 Å². The smallest absolute Gasteiger partial charge is 0.227 e. The van der Waals surface area contributed by atoms with Gasteiger partial charge in [-0.05, 0) is 18.1 Å². The van der Waals surface area contributed by atoms with E-state index in [9.17, 15) is 14.3 Å². The highest BCUT2D eigenvalue weighted by atomic mass is 35.5. The Labute approximate surface area is 97.4 Å². The van der Waals surface area contributed by atoms with Crippen LogP contribution in [-0.4, -0.2) is 23.4 Å². The summed E-state index contributed by atoms with van der Waals surface area (Å²) in [5.41, 5.74) is -0.0416. The maximum Gasteiger partial charge on any atom is 0.227 e. The monoisotopic (exact) mass is 243 g/mol. The molecule has 5 heteroatoms. The molecule has 0 spiro atoms. The fraction of sp³-hybridized carbons (Fsp3) is 0.364. The third-order valence-electron chi connectivity index (χ3n) is 2.66. The van der Waals surface area contributed by atoms with Gasteiger partial charge in [0.25, 0.3) is 0 Å². The second-order valence-electron chi connectivity index (χ2n) is 3.84. The average Bonchev–Trinajstić information content (AvgIpc) is 2.60. The normalized spacial score (nSPS) is 20.5. The molecule has 0 saturated carbocycles. The van der Waals surface area contributed by atoms with Gasteiger partial charge in [0.05, 0.1) is 0 Å². The van der Waals surface area contributed by atoms with Crippen LogP contribution in [-0.2, 0) is 4.79 Å². The predicted octanol–water partition coefficient (Wildman–Crippen LogP) is 2.12. The van der Waals surface area contributed by atoms with Crippen molar-refractivity contribution in [2.75, 3.05) is 17.3 Å². The Hall–Kier alpha value is -1.29. The van der Waals surface area contributed by atoms with Crippen LogP contribution in [0.2, 0.25) is 0 Å². The van der Waals surface area contributed by atoms with Crippen LogP contribution < -0.4 is 4.90 Å². The van der Waals surface area contributed by atoms with Crippen LogP contribution in [0, 0.1) is 11.7 Å². The van der Waals surface area contributed by atoms with Gasteiger partial charge in [-0.25, -0.2) is 4.39 Å². The molecule has 1 aromatic rings. The first-order valence-corrected chi connectivity index (χ1v) is 5.50. The molecule has 0 radical (unpaired) electrons. The van der Waals surface area contributed by atoms with Crippen molar-refractivity contribution in [2.24, 2.45) is 5.92 Å². The number of phenols is 1. The van der Waals surface area contributed by atoms with Gasteiger partial charge in [-0.3, -0.25) is 4.79 Å². The summed E-state index contributed by atoms with van der Waals surface area (Å²) in [6.45, 7) is 0.358. The summed E-state index contributed by atoms with van der Waals surface area (Å²) in [6.07, 6.45) is 0.303. The van der Waals surface area contributed by atoms with Crippen LogP contribution in [0.15, 0.2) is 18.2 Å². The van der Waals surface area contributed by atoms with Crippen molar-refractivity contribution in [3.8, 4) is 5.75 Å². The van der Waals surface area contributed by atoms with Crippen molar-refractivity contribution in [2.45, 2.75) is 6.42 Å². The van der Waals surface area contributed by atoms with Crippen molar-refractivity contribution < 1.29 is 14.3 Å². The summed E-state index contributed by atoms with van der Waals surface area (Å²) in [4.78, 5) is 12.9. The van der Waals surface area contributed by atoms with Gasteiger partial charge in [-0.15, -0.1) is 11.6 Å². The highest BCUT2D eigenvalue weighted by Gasteiger charge is 2.32. The van der Waals surface area contributed by atoms with Crippen LogP contribution in [0.4, 0.5) is 10.1 Å². The SMILES string of the molecule is O=C1CC(CCl)CN1c1c(O)cccc1F. The summed E-state index contributed by atoms with van der Waals surface area (Å²) in [7, 11) is 0. The number of anilines is 1. The van der Waals surface area contributed by atoms with Crippen LogP contribution in [0.25, 0.3) is 0 Å². The van der Waals surface area contributed by atoms with Crippen LogP contribution in [0.5, 0.6) is 5.75 Å². The van der Waals surface area contributed by atoms with Crippen molar-refractivity contribution in [1.29, 1.82) is 0 Å². The lowest BCUT2D eigenvalue weighted by molar-refractivity contribution is -0.117. The van der Waals surface area contributed by atoms with Crippen molar-refractivity contribution >= 4 is 23.2 Å². The Morgan fingerprint density at radius 1 is 1.56 bits per heavy atom. The first-order valence-electron chi connectivity index (χ1n) is 4.97. The average molecular weight is 244 g/mol. The van der Waals surface area contributed by atoms with Crippen molar-refractivity contribution in [3.63, 3.8) is 0 Å². The molecule has 1 saturated heterocycles. The lowest BCUT2D eigenvalue weighted by Gasteiger charge is -2.18. The molecule has 86 valence electrons. The number of hydrogen-bond donors (Lipinski definition) is 1. The summed E-state index contributed by atoms with van der Waals surface area (Å²) >= 11 is 5.67. The second-order valence-corrected chi connectivity index (χ2v) is 4.14. The van der Waals surface area contributed by atoms with Gasteiger partial charge in [0.1, 0.15) is 11.4 Å². The minimum absolute atomic E-state index is 0.0215. The summed E-state index contributed by atoms with van der Waals surface area (Å²) in [5, 5.41) is 9.56. The number of hydrogen-bond acceptors (Lipinski definition) is 2. The van der Waals surface area contributed by atoms with E-state index < -0.39 is 5.82 Å². The lowest BCUT2D eigenvalue weighted by atomic mass is 10.1. The fourth-order valence-electron chi connectivity index (χ4n) is 1.87. The molecular weight excluding hydrogens is 233 g/mol. The quantitative estimate of drug-likeness (QED) is 0.809. The lowest BCUT2D eigenvalue weighted by Crippen LogP contribution is -2.25. The predicted molar refractivity (Wildman–Crippen MR) is 59.2 cm³/mol. The minimum atomic E-state index is -0.594. The topological polar surface area (TPSA) is 40.5 Å². The minimum Gasteiger partial charge on any atom is -0.506 e. The number of alkyl halides is 1. The number of phenolic OH excluding ortho intramolecular Hbond substituents is 1. The fourth-order valence-corrected chi connectivity index (χ4v) is 2.08. The van der Waals surface area contributed by atoms with Gasteiger partial charge < -0.3 is 10.0 Å². The standard InChI is InChI=1S/C11H11ClFNO2/c12-5-7-4-10(16)14(6-7)11-8(13)2-1-3-9(11)15/h1-3,7,15H,4-6H2. The third-order valence-corrected chi connectivity index (χ3v) is 3.10. The van der Waals surface area contributed by atoms with E-state index in [1.54, 1.807) is 0 Å². The Morgan fingerprint density at radius 2 is 2.31 bits per heavy atom. The molecule has 3 nitrogen and oxygen atoms in total. The summed E-state index contributed by atoms with van der Waals surface area (Å²) in [6, 6.07) is 3.98. The highest BCUT2D eigenvalue weighted by molar-refractivity contribution is 6.18. The van der Waals surface area contributed by atoms with E-state index in [-0.39, 0.29) is 23.3 Å². The molecule has 0 aromatic heterocycles.